The number of rotatable bonds is 3. The second kappa shape index (κ2) is 3.21. The smallest absolute Gasteiger partial charge is 0.161 e. The lowest BCUT2D eigenvalue weighted by molar-refractivity contribution is 0.374. The van der Waals surface area contributed by atoms with Crippen molar-refractivity contribution in [1.82, 2.24) is 25.4 Å². The van der Waals surface area contributed by atoms with Crippen LogP contribution in [0, 0.1) is 0 Å². The van der Waals surface area contributed by atoms with Crippen molar-refractivity contribution in [3.05, 3.63) is 18.3 Å². The van der Waals surface area contributed by atoms with Crippen molar-refractivity contribution in [3.8, 4) is 0 Å². The number of hydrogen-bond donors (Lipinski definition) is 1. The Bertz CT molecular complexity index is 366. The van der Waals surface area contributed by atoms with Gasteiger partial charge in [-0.15, -0.1) is 5.10 Å². The third-order valence-corrected chi connectivity index (χ3v) is 1.64. The molecule has 0 unspecified atom stereocenters. The lowest BCUT2D eigenvalue weighted by atomic mass is 10.3. The Balaban J connectivity index is 1.97. The molecule has 0 aliphatic heterocycles. The number of nitrogen functional groups attached to an aromatic ring is 1. The quantitative estimate of drug-likeness (QED) is 0.683. The highest BCUT2D eigenvalue weighted by Crippen LogP contribution is 2.10. The second-order valence-corrected chi connectivity index (χ2v) is 2.53. The molecule has 7 heteroatoms. The normalized spacial score (nSPS) is 10.5. The Morgan fingerprint density at radius 3 is 3.08 bits per heavy atom. The van der Waals surface area contributed by atoms with Gasteiger partial charge in [-0.2, -0.15) is 0 Å². The molecule has 0 fully saturated rings. The fourth-order valence-corrected chi connectivity index (χ4v) is 0.960. The van der Waals surface area contributed by atoms with Gasteiger partial charge in [0.15, 0.2) is 5.76 Å². The molecule has 0 atom stereocenters. The summed E-state index contributed by atoms with van der Waals surface area (Å²) in [7, 11) is 0. The summed E-state index contributed by atoms with van der Waals surface area (Å²) in [5, 5.41) is 14.3. The van der Waals surface area contributed by atoms with Crippen LogP contribution in [0.3, 0.4) is 0 Å². The number of aromatic nitrogens is 5. The van der Waals surface area contributed by atoms with E-state index in [0.29, 0.717) is 24.4 Å². The Morgan fingerprint density at radius 1 is 1.54 bits per heavy atom. The monoisotopic (exact) mass is 180 g/mol. The third-order valence-electron chi connectivity index (χ3n) is 1.64. The van der Waals surface area contributed by atoms with Crippen LogP contribution in [-0.2, 0) is 13.0 Å². The molecule has 0 radical (unpaired) electrons. The molecular formula is C6H8N6O. The minimum absolute atomic E-state index is 0.563. The Morgan fingerprint density at radius 2 is 2.46 bits per heavy atom. The first-order chi connectivity index (χ1) is 6.36. The van der Waals surface area contributed by atoms with E-state index in [-0.39, 0.29) is 0 Å². The van der Waals surface area contributed by atoms with Crippen molar-refractivity contribution >= 4 is 5.69 Å². The van der Waals surface area contributed by atoms with Crippen LogP contribution in [0.15, 0.2) is 17.0 Å². The largest absolute Gasteiger partial charge is 0.395 e. The maximum absolute atomic E-state index is 5.56. The summed E-state index contributed by atoms with van der Waals surface area (Å²) in [5.41, 5.74) is 6.13. The van der Waals surface area contributed by atoms with Crippen LogP contribution in [0.25, 0.3) is 0 Å². The van der Waals surface area contributed by atoms with Gasteiger partial charge in [-0.3, -0.25) is 0 Å². The van der Waals surface area contributed by atoms with Crippen LogP contribution in [0.2, 0.25) is 0 Å². The molecule has 0 saturated carbocycles. The summed E-state index contributed by atoms with van der Waals surface area (Å²) >= 11 is 0. The lowest BCUT2D eigenvalue weighted by Crippen LogP contribution is -2.02. The average molecular weight is 180 g/mol. The summed E-state index contributed by atoms with van der Waals surface area (Å²) in [4.78, 5) is 0. The summed E-state index contributed by atoms with van der Waals surface area (Å²) in [6.45, 7) is 0.631. The molecule has 0 bridgehead atoms. The van der Waals surface area contributed by atoms with E-state index in [1.807, 2.05) is 0 Å². The maximum Gasteiger partial charge on any atom is 0.161 e. The zero-order valence-electron chi connectivity index (χ0n) is 6.79. The molecular weight excluding hydrogens is 172 g/mol. The molecule has 2 aromatic rings. The molecule has 7 nitrogen and oxygen atoms in total. The topological polar surface area (TPSA) is 95.7 Å². The maximum atomic E-state index is 5.56. The molecule has 2 rings (SSSR count). The third kappa shape index (κ3) is 1.63. The van der Waals surface area contributed by atoms with Crippen LogP contribution >= 0.6 is 0 Å². The fraction of sp³-hybridized carbons (Fsp3) is 0.333. The van der Waals surface area contributed by atoms with Crippen LogP contribution in [0.5, 0.6) is 0 Å². The van der Waals surface area contributed by atoms with Gasteiger partial charge >= 0.3 is 0 Å². The summed E-state index contributed by atoms with van der Waals surface area (Å²) in [6, 6.07) is 0. The molecule has 0 aliphatic rings. The molecule has 13 heavy (non-hydrogen) atoms. The molecule has 0 amide bonds. The van der Waals surface area contributed by atoms with Gasteiger partial charge in [-0.1, -0.05) is 5.16 Å². The number of hydrogen-bond acceptors (Lipinski definition) is 6. The standard InChI is InChI=1S/C6H8N6O/c7-5-3-9-13-6(5)1-2-12-4-8-10-11-12/h3-4H,1-2,7H2. The highest BCUT2D eigenvalue weighted by molar-refractivity contribution is 5.37. The number of aryl methyl sites for hydroxylation is 2. The summed E-state index contributed by atoms with van der Waals surface area (Å²) in [5.74, 6) is 0.663. The van der Waals surface area contributed by atoms with Crippen molar-refractivity contribution in [2.75, 3.05) is 5.73 Å². The van der Waals surface area contributed by atoms with E-state index in [1.54, 1.807) is 4.68 Å². The number of nitrogens with zero attached hydrogens (tertiary/aromatic N) is 5. The number of tetrazole rings is 1. The minimum Gasteiger partial charge on any atom is -0.395 e. The predicted octanol–water partition coefficient (Wildman–Crippen LogP) is -0.514. The van der Waals surface area contributed by atoms with Crippen molar-refractivity contribution in [2.24, 2.45) is 0 Å². The van der Waals surface area contributed by atoms with E-state index in [9.17, 15) is 0 Å². The molecule has 0 saturated heterocycles. The first-order valence-electron chi connectivity index (χ1n) is 3.76. The molecule has 0 spiro atoms. The van der Waals surface area contributed by atoms with Gasteiger partial charge in [-0.25, -0.2) is 4.68 Å². The highest BCUT2D eigenvalue weighted by Gasteiger charge is 2.04. The van der Waals surface area contributed by atoms with E-state index in [0.717, 1.165) is 0 Å². The zero-order chi connectivity index (χ0) is 9.10. The SMILES string of the molecule is Nc1cnoc1CCn1cnnn1. The lowest BCUT2D eigenvalue weighted by Gasteiger charge is -1.95. The predicted molar refractivity (Wildman–Crippen MR) is 42.4 cm³/mol. The van der Waals surface area contributed by atoms with E-state index < -0.39 is 0 Å². The average Bonchev–Trinajstić information content (AvgIpc) is 2.72. The summed E-state index contributed by atoms with van der Waals surface area (Å²) in [6.07, 6.45) is 3.65. The number of anilines is 1. The van der Waals surface area contributed by atoms with Gasteiger partial charge in [0, 0.05) is 6.42 Å². The highest BCUT2D eigenvalue weighted by atomic mass is 16.5. The molecule has 0 aliphatic carbocycles. The van der Waals surface area contributed by atoms with Gasteiger partial charge < -0.3 is 10.3 Å². The van der Waals surface area contributed by atoms with Gasteiger partial charge in [-0.05, 0) is 10.4 Å². The van der Waals surface area contributed by atoms with Crippen molar-refractivity contribution in [1.29, 1.82) is 0 Å². The Kier molecular flexibility index (Phi) is 1.91. The molecule has 68 valence electrons. The summed E-state index contributed by atoms with van der Waals surface area (Å²) < 4.78 is 6.50. The zero-order valence-corrected chi connectivity index (χ0v) is 6.79. The van der Waals surface area contributed by atoms with E-state index in [4.69, 9.17) is 10.3 Å². The van der Waals surface area contributed by atoms with Gasteiger partial charge in [0.1, 0.15) is 6.33 Å². The van der Waals surface area contributed by atoms with E-state index in [1.165, 1.54) is 12.5 Å². The minimum atomic E-state index is 0.563. The first kappa shape index (κ1) is 7.71. The Hall–Kier alpha value is -1.92. The second-order valence-electron chi connectivity index (χ2n) is 2.53. The van der Waals surface area contributed by atoms with E-state index in [2.05, 4.69) is 20.7 Å². The molecule has 2 aromatic heterocycles. The number of nitrogens with two attached hydrogens (primary N) is 1. The van der Waals surface area contributed by atoms with Crippen molar-refractivity contribution < 1.29 is 4.52 Å². The van der Waals surface area contributed by atoms with Crippen LogP contribution in [-0.4, -0.2) is 25.4 Å². The van der Waals surface area contributed by atoms with Gasteiger partial charge in [0.2, 0.25) is 0 Å². The van der Waals surface area contributed by atoms with Crippen LogP contribution in [0.1, 0.15) is 5.76 Å². The van der Waals surface area contributed by atoms with Crippen LogP contribution < -0.4 is 5.73 Å². The van der Waals surface area contributed by atoms with Crippen LogP contribution in [0.4, 0.5) is 5.69 Å². The first-order valence-corrected chi connectivity index (χ1v) is 3.76. The molecule has 2 N–H and O–H groups in total. The van der Waals surface area contributed by atoms with E-state index >= 15 is 0 Å². The molecule has 2 heterocycles. The fourth-order valence-electron chi connectivity index (χ4n) is 0.960. The Labute approximate surface area is 73.5 Å². The van der Waals surface area contributed by atoms with Gasteiger partial charge in [0.25, 0.3) is 0 Å². The van der Waals surface area contributed by atoms with Gasteiger partial charge in [0.05, 0.1) is 18.4 Å². The van der Waals surface area contributed by atoms with Crippen molar-refractivity contribution in [3.63, 3.8) is 0 Å². The van der Waals surface area contributed by atoms with Crippen molar-refractivity contribution in [2.45, 2.75) is 13.0 Å². The molecule has 0 aromatic carbocycles.